The van der Waals surface area contributed by atoms with Gasteiger partial charge in [0.05, 0.1) is 12.9 Å². The molecular weight excluding hydrogens is 194 g/mol. The minimum absolute atomic E-state index is 0.684. The monoisotopic (exact) mass is 205 g/mol. The number of hydrazine groups is 1. The van der Waals surface area contributed by atoms with E-state index in [0.717, 1.165) is 0 Å². The molecule has 0 fully saturated rings. The molecular formula is C10H11N3S. The van der Waals surface area contributed by atoms with E-state index in [0.29, 0.717) is 6.54 Å². The zero-order valence-corrected chi connectivity index (χ0v) is 8.42. The Bertz CT molecular complexity index is 414. The van der Waals surface area contributed by atoms with E-state index in [2.05, 4.69) is 28.6 Å². The summed E-state index contributed by atoms with van der Waals surface area (Å²) in [5, 5.41) is 1.28. The number of thiophene rings is 1. The first kappa shape index (κ1) is 9.18. The summed E-state index contributed by atoms with van der Waals surface area (Å²) < 4.78 is 1.30. The number of nitrogens with zero attached hydrogens (tertiary/aromatic N) is 1. The van der Waals surface area contributed by atoms with Gasteiger partial charge in [0.1, 0.15) is 0 Å². The largest absolute Gasteiger partial charge is 0.315 e. The van der Waals surface area contributed by atoms with Crippen molar-refractivity contribution in [2.75, 3.05) is 0 Å². The molecule has 0 radical (unpaired) electrons. The predicted octanol–water partition coefficient (Wildman–Crippen LogP) is 1.89. The molecule has 0 atom stereocenters. The Balaban J connectivity index is 2.23. The highest BCUT2D eigenvalue weighted by atomic mass is 32.1. The van der Waals surface area contributed by atoms with E-state index in [1.165, 1.54) is 21.3 Å². The Morgan fingerprint density at radius 2 is 2.29 bits per heavy atom. The van der Waals surface area contributed by atoms with Gasteiger partial charge in [-0.2, -0.15) is 0 Å². The molecule has 3 nitrogen and oxygen atoms in total. The SMILES string of the molecule is NNC=NCc1cc2ccccc2s1. The highest BCUT2D eigenvalue weighted by Crippen LogP contribution is 2.25. The van der Waals surface area contributed by atoms with Gasteiger partial charge in [-0.05, 0) is 17.5 Å². The van der Waals surface area contributed by atoms with Gasteiger partial charge in [-0.15, -0.1) is 11.3 Å². The van der Waals surface area contributed by atoms with Gasteiger partial charge >= 0.3 is 0 Å². The molecule has 2 rings (SSSR count). The van der Waals surface area contributed by atoms with Crippen molar-refractivity contribution in [1.82, 2.24) is 5.43 Å². The fourth-order valence-electron chi connectivity index (χ4n) is 1.30. The van der Waals surface area contributed by atoms with Crippen LogP contribution in [0.5, 0.6) is 0 Å². The quantitative estimate of drug-likeness (QED) is 0.348. The molecule has 2 aromatic rings. The maximum absolute atomic E-state index is 5.07. The first-order valence-electron chi connectivity index (χ1n) is 4.32. The molecule has 0 saturated heterocycles. The molecule has 3 N–H and O–H groups in total. The zero-order chi connectivity index (χ0) is 9.80. The van der Waals surface area contributed by atoms with Gasteiger partial charge in [0.15, 0.2) is 0 Å². The standard InChI is InChI=1S/C10H11N3S/c11-13-7-12-6-9-5-8-3-1-2-4-10(8)14-9/h1-5,7H,6,11H2,(H,12,13). The third kappa shape index (κ3) is 1.92. The lowest BCUT2D eigenvalue weighted by atomic mass is 10.2. The lowest BCUT2D eigenvalue weighted by Crippen LogP contribution is -2.18. The number of rotatable bonds is 3. The van der Waals surface area contributed by atoms with Gasteiger partial charge in [0, 0.05) is 9.58 Å². The molecule has 0 bridgehead atoms. The number of aliphatic imine (C=N–C) groups is 1. The Kier molecular flexibility index (Phi) is 2.76. The Morgan fingerprint density at radius 3 is 3.07 bits per heavy atom. The average Bonchev–Trinajstić information content (AvgIpc) is 2.60. The van der Waals surface area contributed by atoms with E-state index in [4.69, 9.17) is 5.84 Å². The summed E-state index contributed by atoms with van der Waals surface area (Å²) in [6.45, 7) is 0.684. The normalized spacial score (nSPS) is 11.2. The maximum atomic E-state index is 5.07. The highest BCUT2D eigenvalue weighted by molar-refractivity contribution is 7.19. The number of nitrogens with two attached hydrogens (primary N) is 1. The minimum Gasteiger partial charge on any atom is -0.315 e. The first-order chi connectivity index (χ1) is 6.90. The van der Waals surface area contributed by atoms with Crippen LogP contribution in [0.4, 0.5) is 0 Å². The summed E-state index contributed by atoms with van der Waals surface area (Å²) in [6, 6.07) is 10.5. The van der Waals surface area contributed by atoms with Crippen LogP contribution in [0.15, 0.2) is 35.3 Å². The van der Waals surface area contributed by atoms with Crippen LogP contribution in [0.2, 0.25) is 0 Å². The summed E-state index contributed by atoms with van der Waals surface area (Å²) >= 11 is 1.77. The van der Waals surface area contributed by atoms with E-state index in [1.54, 1.807) is 11.3 Å². The Morgan fingerprint density at radius 1 is 1.43 bits per heavy atom. The predicted molar refractivity (Wildman–Crippen MR) is 61.3 cm³/mol. The number of fused-ring (bicyclic) bond motifs is 1. The van der Waals surface area contributed by atoms with Crippen LogP contribution in [0, 0.1) is 0 Å². The number of nitrogens with one attached hydrogen (secondary N) is 1. The fourth-order valence-corrected chi connectivity index (χ4v) is 2.30. The van der Waals surface area contributed by atoms with E-state index in [1.807, 2.05) is 12.1 Å². The second-order valence-corrected chi connectivity index (χ2v) is 4.06. The van der Waals surface area contributed by atoms with Crippen molar-refractivity contribution >= 4 is 27.8 Å². The number of hydrogen-bond acceptors (Lipinski definition) is 3. The lowest BCUT2D eigenvalue weighted by molar-refractivity contribution is 1.01. The molecule has 72 valence electrons. The molecule has 0 saturated carbocycles. The van der Waals surface area contributed by atoms with Crippen LogP contribution in [-0.4, -0.2) is 6.34 Å². The molecule has 0 unspecified atom stereocenters. The fraction of sp³-hybridized carbons (Fsp3) is 0.100. The third-order valence-corrected chi connectivity index (χ3v) is 2.99. The molecule has 1 aromatic heterocycles. The van der Waals surface area contributed by atoms with Gasteiger partial charge in [-0.3, -0.25) is 4.99 Å². The number of hydrogen-bond donors (Lipinski definition) is 2. The molecule has 1 heterocycles. The Labute approximate surface area is 86.2 Å². The first-order valence-corrected chi connectivity index (χ1v) is 5.13. The summed E-state index contributed by atoms with van der Waals surface area (Å²) in [6.07, 6.45) is 1.50. The van der Waals surface area contributed by atoms with Gasteiger partial charge in [-0.25, -0.2) is 5.84 Å². The second-order valence-electron chi connectivity index (χ2n) is 2.89. The van der Waals surface area contributed by atoms with Crippen molar-refractivity contribution in [1.29, 1.82) is 0 Å². The minimum atomic E-state index is 0.684. The second kappa shape index (κ2) is 4.21. The summed E-state index contributed by atoms with van der Waals surface area (Å²) in [5.74, 6) is 5.07. The number of benzene rings is 1. The maximum Gasteiger partial charge on any atom is 0.0968 e. The summed E-state index contributed by atoms with van der Waals surface area (Å²) in [5.41, 5.74) is 2.38. The van der Waals surface area contributed by atoms with E-state index < -0.39 is 0 Å². The van der Waals surface area contributed by atoms with Crippen molar-refractivity contribution in [3.8, 4) is 0 Å². The lowest BCUT2D eigenvalue weighted by Gasteiger charge is -1.87. The van der Waals surface area contributed by atoms with Gasteiger partial charge in [0.25, 0.3) is 0 Å². The van der Waals surface area contributed by atoms with Crippen molar-refractivity contribution in [3.63, 3.8) is 0 Å². The van der Waals surface area contributed by atoms with Crippen molar-refractivity contribution in [3.05, 3.63) is 35.2 Å². The molecule has 1 aromatic carbocycles. The molecule has 14 heavy (non-hydrogen) atoms. The van der Waals surface area contributed by atoms with Gasteiger partial charge < -0.3 is 5.43 Å². The smallest absolute Gasteiger partial charge is 0.0968 e. The molecule has 0 aliphatic heterocycles. The van der Waals surface area contributed by atoms with Crippen molar-refractivity contribution < 1.29 is 0 Å². The molecule has 4 heteroatoms. The Hall–Kier alpha value is -1.39. The van der Waals surface area contributed by atoms with E-state index in [9.17, 15) is 0 Å². The molecule has 0 aliphatic rings. The molecule has 0 amide bonds. The average molecular weight is 205 g/mol. The van der Waals surface area contributed by atoms with Gasteiger partial charge in [-0.1, -0.05) is 18.2 Å². The molecule has 0 aliphatic carbocycles. The van der Waals surface area contributed by atoms with Crippen LogP contribution in [0.1, 0.15) is 4.88 Å². The third-order valence-electron chi connectivity index (χ3n) is 1.89. The zero-order valence-electron chi connectivity index (χ0n) is 7.60. The topological polar surface area (TPSA) is 50.4 Å². The van der Waals surface area contributed by atoms with Crippen LogP contribution < -0.4 is 11.3 Å². The summed E-state index contributed by atoms with van der Waals surface area (Å²) in [7, 11) is 0. The van der Waals surface area contributed by atoms with E-state index >= 15 is 0 Å². The van der Waals surface area contributed by atoms with Gasteiger partial charge in [0.2, 0.25) is 0 Å². The molecule has 0 spiro atoms. The summed E-state index contributed by atoms with van der Waals surface area (Å²) in [4.78, 5) is 5.35. The van der Waals surface area contributed by atoms with Crippen molar-refractivity contribution in [2.45, 2.75) is 6.54 Å². The van der Waals surface area contributed by atoms with E-state index in [-0.39, 0.29) is 0 Å². The van der Waals surface area contributed by atoms with Crippen LogP contribution >= 0.6 is 11.3 Å². The van der Waals surface area contributed by atoms with Crippen LogP contribution in [0.3, 0.4) is 0 Å². The van der Waals surface area contributed by atoms with Crippen LogP contribution in [0.25, 0.3) is 10.1 Å². The van der Waals surface area contributed by atoms with Crippen molar-refractivity contribution in [2.24, 2.45) is 10.8 Å². The highest BCUT2D eigenvalue weighted by Gasteiger charge is 1.98. The van der Waals surface area contributed by atoms with Crippen LogP contribution in [-0.2, 0) is 6.54 Å².